The summed E-state index contributed by atoms with van der Waals surface area (Å²) < 4.78 is 12.7. The topological polar surface area (TPSA) is 98.8 Å². The lowest BCUT2D eigenvalue weighted by Crippen LogP contribution is -2.18. The molecule has 4 heterocycles. The minimum atomic E-state index is -0.241. The fourth-order valence-electron chi connectivity index (χ4n) is 3.92. The summed E-state index contributed by atoms with van der Waals surface area (Å²) in [5, 5.41) is 5.38. The largest absolute Gasteiger partial charge is 0.496 e. The minimum Gasteiger partial charge on any atom is -0.496 e. The average molecular weight is 436 g/mol. The second-order valence-electron chi connectivity index (χ2n) is 7.27. The molecule has 0 aliphatic carbocycles. The number of nitrogens with zero attached hydrogens (tertiary/aromatic N) is 4. The molecule has 0 aliphatic rings. The molecule has 156 valence electrons. The molecule has 31 heavy (non-hydrogen) atoms. The van der Waals surface area contributed by atoms with E-state index in [4.69, 9.17) is 20.9 Å². The summed E-state index contributed by atoms with van der Waals surface area (Å²) in [6, 6.07) is 7.38. The molecule has 0 fully saturated rings. The predicted octanol–water partition coefficient (Wildman–Crippen LogP) is 4.25. The van der Waals surface area contributed by atoms with E-state index in [0.29, 0.717) is 28.6 Å². The zero-order valence-electron chi connectivity index (χ0n) is 17.1. The molecule has 0 spiro atoms. The average Bonchev–Trinajstić information content (AvgIpc) is 3.26. The van der Waals surface area contributed by atoms with Crippen LogP contribution >= 0.6 is 11.6 Å². The van der Waals surface area contributed by atoms with Gasteiger partial charge in [0.1, 0.15) is 11.5 Å². The third-order valence-electron chi connectivity index (χ3n) is 5.33. The van der Waals surface area contributed by atoms with Gasteiger partial charge in [-0.25, -0.2) is 4.79 Å². The third kappa shape index (κ3) is 3.16. The number of methoxy groups -OCH3 is 1. The van der Waals surface area contributed by atoms with E-state index in [1.807, 2.05) is 26.0 Å². The molecule has 4 aromatic heterocycles. The van der Waals surface area contributed by atoms with Gasteiger partial charge in [0.15, 0.2) is 0 Å². The molecule has 1 N–H and O–H groups in total. The van der Waals surface area contributed by atoms with Crippen molar-refractivity contribution >= 4 is 33.5 Å². The van der Waals surface area contributed by atoms with Crippen molar-refractivity contribution in [2.24, 2.45) is 0 Å². The van der Waals surface area contributed by atoms with Gasteiger partial charge in [0.2, 0.25) is 0 Å². The van der Waals surface area contributed by atoms with Crippen molar-refractivity contribution < 1.29 is 9.26 Å². The SMILES string of the molecule is COc1cc2c(cc1-c1c(C)noc1C)ncc1[nH]c(=O)n(Cc3ccc(Cl)cn3)c12. The van der Waals surface area contributed by atoms with E-state index >= 15 is 0 Å². The van der Waals surface area contributed by atoms with Gasteiger partial charge in [-0.2, -0.15) is 0 Å². The van der Waals surface area contributed by atoms with Gasteiger partial charge in [0.25, 0.3) is 0 Å². The van der Waals surface area contributed by atoms with E-state index in [-0.39, 0.29) is 5.69 Å². The lowest BCUT2D eigenvalue weighted by Gasteiger charge is -2.12. The molecule has 0 aliphatic heterocycles. The van der Waals surface area contributed by atoms with E-state index in [0.717, 1.165) is 38.9 Å². The highest BCUT2D eigenvalue weighted by atomic mass is 35.5. The van der Waals surface area contributed by atoms with Gasteiger partial charge in [-0.05, 0) is 38.1 Å². The summed E-state index contributed by atoms with van der Waals surface area (Å²) in [6.45, 7) is 4.04. The molecule has 0 radical (unpaired) electrons. The molecule has 1 aromatic carbocycles. The zero-order chi connectivity index (χ0) is 21.7. The van der Waals surface area contributed by atoms with Gasteiger partial charge in [-0.15, -0.1) is 0 Å². The highest BCUT2D eigenvalue weighted by Gasteiger charge is 2.20. The fourth-order valence-corrected chi connectivity index (χ4v) is 4.03. The van der Waals surface area contributed by atoms with E-state index in [1.165, 1.54) is 0 Å². The van der Waals surface area contributed by atoms with E-state index < -0.39 is 0 Å². The van der Waals surface area contributed by atoms with Crippen LogP contribution in [0, 0.1) is 13.8 Å². The number of rotatable bonds is 4. The molecule has 0 atom stereocenters. The van der Waals surface area contributed by atoms with Crippen LogP contribution in [0.5, 0.6) is 5.75 Å². The Labute approximate surface area is 181 Å². The summed E-state index contributed by atoms with van der Waals surface area (Å²) in [6.07, 6.45) is 3.23. The first kappa shape index (κ1) is 19.3. The smallest absolute Gasteiger partial charge is 0.326 e. The van der Waals surface area contributed by atoms with Crippen molar-refractivity contribution in [2.75, 3.05) is 7.11 Å². The molecule has 0 saturated heterocycles. The Morgan fingerprint density at radius 3 is 2.71 bits per heavy atom. The Hall–Kier alpha value is -3.65. The molecular weight excluding hydrogens is 418 g/mol. The molecule has 0 unspecified atom stereocenters. The van der Waals surface area contributed by atoms with Crippen LogP contribution in [0.1, 0.15) is 17.1 Å². The minimum absolute atomic E-state index is 0.241. The number of pyridine rings is 2. The maximum absolute atomic E-state index is 12.7. The lowest BCUT2D eigenvalue weighted by atomic mass is 10.0. The van der Waals surface area contributed by atoms with Crippen molar-refractivity contribution in [3.8, 4) is 16.9 Å². The van der Waals surface area contributed by atoms with Crippen molar-refractivity contribution in [1.29, 1.82) is 0 Å². The van der Waals surface area contributed by atoms with Gasteiger partial charge < -0.3 is 14.2 Å². The molecular formula is C22H18ClN5O3. The molecule has 9 heteroatoms. The summed E-state index contributed by atoms with van der Waals surface area (Å²) >= 11 is 5.94. The van der Waals surface area contributed by atoms with Gasteiger partial charge in [-0.3, -0.25) is 14.5 Å². The van der Waals surface area contributed by atoms with Crippen molar-refractivity contribution in [3.05, 3.63) is 69.3 Å². The number of hydrogen-bond acceptors (Lipinski definition) is 6. The normalized spacial score (nSPS) is 11.5. The Bertz CT molecular complexity index is 1480. The molecule has 0 bridgehead atoms. The van der Waals surface area contributed by atoms with Crippen LogP contribution in [-0.4, -0.2) is 31.8 Å². The Kier molecular flexibility index (Phi) is 4.51. The quantitative estimate of drug-likeness (QED) is 0.453. The number of fused-ring (bicyclic) bond motifs is 3. The number of H-pyrrole nitrogens is 1. The van der Waals surface area contributed by atoms with Crippen molar-refractivity contribution in [1.82, 2.24) is 24.7 Å². The first-order chi connectivity index (χ1) is 15.0. The van der Waals surface area contributed by atoms with E-state index in [9.17, 15) is 4.79 Å². The summed E-state index contributed by atoms with van der Waals surface area (Å²) in [5.41, 5.74) is 5.04. The van der Waals surface area contributed by atoms with Crippen LogP contribution in [0.3, 0.4) is 0 Å². The van der Waals surface area contributed by atoms with Gasteiger partial charge in [0.05, 0.1) is 58.4 Å². The van der Waals surface area contributed by atoms with Crippen molar-refractivity contribution in [2.45, 2.75) is 20.4 Å². The number of imidazole rings is 1. The number of benzene rings is 1. The van der Waals surface area contributed by atoms with Crippen LogP contribution in [0.15, 0.2) is 46.0 Å². The Morgan fingerprint density at radius 1 is 1.19 bits per heavy atom. The van der Waals surface area contributed by atoms with Gasteiger partial charge in [-0.1, -0.05) is 16.8 Å². The second kappa shape index (κ2) is 7.24. The number of halogens is 1. The maximum atomic E-state index is 12.7. The standard InChI is InChI=1S/C22H18ClN5O3/c1-11-20(12(2)31-27-11)16-6-17-15(7-19(16)30-3)21-18(9-25-17)26-22(29)28(21)10-14-5-4-13(23)8-24-14/h4-9H,10H2,1-3H3,(H,26,29). The maximum Gasteiger partial charge on any atom is 0.326 e. The number of nitrogens with one attached hydrogen (secondary N) is 1. The molecule has 5 rings (SSSR count). The first-order valence-electron chi connectivity index (χ1n) is 9.59. The lowest BCUT2D eigenvalue weighted by molar-refractivity contribution is 0.393. The monoisotopic (exact) mass is 435 g/mol. The third-order valence-corrected chi connectivity index (χ3v) is 5.55. The number of ether oxygens (including phenoxy) is 1. The second-order valence-corrected chi connectivity index (χ2v) is 7.71. The van der Waals surface area contributed by atoms with E-state index in [2.05, 4.69) is 20.1 Å². The van der Waals surface area contributed by atoms with Crippen LogP contribution in [0.25, 0.3) is 33.1 Å². The molecule has 0 amide bonds. The number of aromatic amines is 1. The van der Waals surface area contributed by atoms with Gasteiger partial charge in [0, 0.05) is 17.1 Å². The number of aryl methyl sites for hydroxylation is 2. The highest BCUT2D eigenvalue weighted by Crippen LogP contribution is 2.38. The van der Waals surface area contributed by atoms with E-state index in [1.54, 1.807) is 36.2 Å². The summed E-state index contributed by atoms with van der Waals surface area (Å²) in [7, 11) is 1.61. The first-order valence-corrected chi connectivity index (χ1v) is 9.97. The van der Waals surface area contributed by atoms with Crippen molar-refractivity contribution in [3.63, 3.8) is 0 Å². The molecule has 0 saturated carbocycles. The van der Waals surface area contributed by atoms with Crippen LogP contribution in [-0.2, 0) is 6.54 Å². The highest BCUT2D eigenvalue weighted by molar-refractivity contribution is 6.30. The Balaban J connectivity index is 1.76. The van der Waals surface area contributed by atoms with Crippen LogP contribution in [0.2, 0.25) is 5.02 Å². The summed E-state index contributed by atoms with van der Waals surface area (Å²) in [4.78, 5) is 24.5. The number of aromatic nitrogens is 5. The Morgan fingerprint density at radius 2 is 2.03 bits per heavy atom. The van der Waals surface area contributed by atoms with Crippen LogP contribution in [0.4, 0.5) is 0 Å². The zero-order valence-corrected chi connectivity index (χ0v) is 17.8. The van der Waals surface area contributed by atoms with Crippen LogP contribution < -0.4 is 10.4 Å². The fraction of sp³-hybridized carbons (Fsp3) is 0.182. The molecule has 8 nitrogen and oxygen atoms in total. The number of hydrogen-bond donors (Lipinski definition) is 1. The van der Waals surface area contributed by atoms with Gasteiger partial charge >= 0.3 is 5.69 Å². The predicted molar refractivity (Wildman–Crippen MR) is 118 cm³/mol. The summed E-state index contributed by atoms with van der Waals surface area (Å²) in [5.74, 6) is 1.34. The molecule has 5 aromatic rings.